The first kappa shape index (κ1) is 6.95. The molecule has 2 unspecified atom stereocenters. The molecule has 0 aromatic rings. The molecule has 0 amide bonds. The van der Waals surface area contributed by atoms with Gasteiger partial charge in [0.25, 0.3) is 0 Å². The van der Waals surface area contributed by atoms with E-state index < -0.39 is 0 Å². The second kappa shape index (κ2) is 3.11. The van der Waals surface area contributed by atoms with Gasteiger partial charge >= 0.3 is 0 Å². The van der Waals surface area contributed by atoms with Gasteiger partial charge in [-0.2, -0.15) is 11.8 Å². The third kappa shape index (κ3) is 1.31. The maximum atomic E-state index is 5.39. The zero-order valence-corrected chi connectivity index (χ0v) is 6.82. The van der Waals surface area contributed by atoms with Crippen LogP contribution >= 0.6 is 11.8 Å². The van der Waals surface area contributed by atoms with E-state index in [0.29, 0.717) is 0 Å². The van der Waals surface area contributed by atoms with Crippen molar-refractivity contribution in [3.05, 3.63) is 0 Å². The summed E-state index contributed by atoms with van der Waals surface area (Å²) in [6.07, 6.45) is 0. The standard InChI is InChI=1S/C7H13NOS/c1-2-10-7-5-9-4-6(7)3-8-1/h6-8H,1-5H2. The fourth-order valence-corrected chi connectivity index (χ4v) is 2.73. The van der Waals surface area contributed by atoms with Crippen LogP contribution in [0.2, 0.25) is 0 Å². The molecule has 2 rings (SSSR count). The van der Waals surface area contributed by atoms with Gasteiger partial charge < -0.3 is 10.1 Å². The van der Waals surface area contributed by atoms with Crippen LogP contribution in [-0.4, -0.2) is 37.3 Å². The van der Waals surface area contributed by atoms with E-state index in [-0.39, 0.29) is 0 Å². The highest BCUT2D eigenvalue weighted by Crippen LogP contribution is 2.26. The maximum Gasteiger partial charge on any atom is 0.0589 e. The largest absolute Gasteiger partial charge is 0.380 e. The van der Waals surface area contributed by atoms with Crippen LogP contribution in [0, 0.1) is 5.92 Å². The number of fused-ring (bicyclic) bond motifs is 1. The molecule has 2 aliphatic heterocycles. The smallest absolute Gasteiger partial charge is 0.0589 e. The highest BCUT2D eigenvalue weighted by atomic mass is 32.2. The van der Waals surface area contributed by atoms with Crippen molar-refractivity contribution in [1.29, 1.82) is 0 Å². The zero-order valence-electron chi connectivity index (χ0n) is 6.01. The average molecular weight is 159 g/mol. The van der Waals surface area contributed by atoms with Gasteiger partial charge in [-0.05, 0) is 0 Å². The average Bonchev–Trinajstić information content (AvgIpc) is 2.28. The summed E-state index contributed by atoms with van der Waals surface area (Å²) >= 11 is 2.07. The number of hydrogen-bond acceptors (Lipinski definition) is 3. The van der Waals surface area contributed by atoms with Crippen molar-refractivity contribution in [2.45, 2.75) is 5.25 Å². The molecule has 0 aliphatic carbocycles. The molecule has 2 fully saturated rings. The molecular weight excluding hydrogens is 146 g/mol. The van der Waals surface area contributed by atoms with E-state index in [0.717, 1.165) is 30.9 Å². The summed E-state index contributed by atoms with van der Waals surface area (Å²) in [6, 6.07) is 0. The zero-order chi connectivity index (χ0) is 6.81. The molecule has 0 aromatic carbocycles. The Labute approximate surface area is 65.7 Å². The van der Waals surface area contributed by atoms with Gasteiger partial charge in [-0.15, -0.1) is 0 Å². The lowest BCUT2D eigenvalue weighted by molar-refractivity contribution is 0.185. The van der Waals surface area contributed by atoms with Crippen LogP contribution in [0.4, 0.5) is 0 Å². The Balaban J connectivity index is 1.95. The Morgan fingerprint density at radius 3 is 3.40 bits per heavy atom. The van der Waals surface area contributed by atoms with Gasteiger partial charge in [0.1, 0.15) is 0 Å². The molecule has 2 atom stereocenters. The fraction of sp³-hybridized carbons (Fsp3) is 1.00. The van der Waals surface area contributed by atoms with Crippen molar-refractivity contribution >= 4 is 11.8 Å². The van der Waals surface area contributed by atoms with E-state index in [4.69, 9.17) is 4.74 Å². The Morgan fingerprint density at radius 1 is 1.40 bits per heavy atom. The van der Waals surface area contributed by atoms with Gasteiger partial charge in [-0.3, -0.25) is 0 Å². The number of nitrogens with one attached hydrogen (secondary N) is 1. The fourth-order valence-electron chi connectivity index (χ4n) is 1.52. The summed E-state index contributed by atoms with van der Waals surface area (Å²) in [4.78, 5) is 0. The molecule has 0 bridgehead atoms. The van der Waals surface area contributed by atoms with Gasteiger partial charge in [0.2, 0.25) is 0 Å². The van der Waals surface area contributed by atoms with E-state index >= 15 is 0 Å². The Hall–Kier alpha value is 0.270. The van der Waals surface area contributed by atoms with Crippen molar-refractivity contribution in [3.63, 3.8) is 0 Å². The summed E-state index contributed by atoms with van der Waals surface area (Å²) in [5.41, 5.74) is 0. The Morgan fingerprint density at radius 2 is 2.40 bits per heavy atom. The van der Waals surface area contributed by atoms with E-state index in [1.54, 1.807) is 0 Å². The minimum atomic E-state index is 0.785. The first-order valence-corrected chi connectivity index (χ1v) is 4.92. The normalized spacial score (nSPS) is 40.8. The highest BCUT2D eigenvalue weighted by Gasteiger charge is 2.29. The monoisotopic (exact) mass is 159 g/mol. The van der Waals surface area contributed by atoms with Gasteiger partial charge in [0.05, 0.1) is 13.2 Å². The third-order valence-electron chi connectivity index (χ3n) is 2.16. The maximum absolute atomic E-state index is 5.39. The number of thioether (sulfide) groups is 1. The number of ether oxygens (including phenoxy) is 1. The van der Waals surface area contributed by atoms with Gasteiger partial charge in [-0.25, -0.2) is 0 Å². The molecule has 2 aliphatic rings. The van der Waals surface area contributed by atoms with Crippen LogP contribution in [0.5, 0.6) is 0 Å². The van der Waals surface area contributed by atoms with Crippen molar-refractivity contribution in [3.8, 4) is 0 Å². The van der Waals surface area contributed by atoms with Crippen molar-refractivity contribution in [2.24, 2.45) is 5.92 Å². The van der Waals surface area contributed by atoms with Crippen LogP contribution in [-0.2, 0) is 4.74 Å². The first-order valence-electron chi connectivity index (χ1n) is 3.87. The summed E-state index contributed by atoms with van der Waals surface area (Å²) in [7, 11) is 0. The van der Waals surface area contributed by atoms with Crippen LogP contribution in [0.1, 0.15) is 0 Å². The van der Waals surface area contributed by atoms with Crippen LogP contribution < -0.4 is 5.32 Å². The van der Waals surface area contributed by atoms with E-state index in [9.17, 15) is 0 Å². The second-order valence-electron chi connectivity index (χ2n) is 2.91. The number of rotatable bonds is 0. The van der Waals surface area contributed by atoms with Gasteiger partial charge in [0, 0.05) is 30.0 Å². The predicted octanol–water partition coefficient (Wildman–Crippen LogP) is 0.338. The van der Waals surface area contributed by atoms with Crippen LogP contribution in [0.15, 0.2) is 0 Å². The molecular formula is C7H13NOS. The SMILES string of the molecule is C1CSC2COCC2CN1. The molecule has 3 heteroatoms. The second-order valence-corrected chi connectivity index (χ2v) is 4.26. The van der Waals surface area contributed by atoms with E-state index in [1.807, 2.05) is 0 Å². The minimum absolute atomic E-state index is 0.785. The van der Waals surface area contributed by atoms with Gasteiger partial charge in [0.15, 0.2) is 0 Å². The van der Waals surface area contributed by atoms with Crippen LogP contribution in [0.25, 0.3) is 0 Å². The molecule has 2 heterocycles. The third-order valence-corrected chi connectivity index (χ3v) is 3.55. The molecule has 2 saturated heterocycles. The topological polar surface area (TPSA) is 21.3 Å². The quantitative estimate of drug-likeness (QED) is 0.550. The van der Waals surface area contributed by atoms with E-state index in [2.05, 4.69) is 17.1 Å². The lowest BCUT2D eigenvalue weighted by Gasteiger charge is -2.10. The minimum Gasteiger partial charge on any atom is -0.380 e. The van der Waals surface area contributed by atoms with E-state index in [1.165, 1.54) is 12.3 Å². The van der Waals surface area contributed by atoms with Crippen molar-refractivity contribution < 1.29 is 4.74 Å². The van der Waals surface area contributed by atoms with Crippen LogP contribution in [0.3, 0.4) is 0 Å². The lowest BCUT2D eigenvalue weighted by atomic mass is 10.1. The van der Waals surface area contributed by atoms with Gasteiger partial charge in [-0.1, -0.05) is 0 Å². The molecule has 0 spiro atoms. The molecule has 58 valence electrons. The lowest BCUT2D eigenvalue weighted by Crippen LogP contribution is -2.25. The first-order chi connectivity index (χ1) is 4.97. The summed E-state index contributed by atoms with van der Waals surface area (Å²) in [5, 5.41) is 4.20. The molecule has 1 N–H and O–H groups in total. The van der Waals surface area contributed by atoms with Crippen molar-refractivity contribution in [1.82, 2.24) is 5.32 Å². The molecule has 0 aromatic heterocycles. The number of hydrogen-bond donors (Lipinski definition) is 1. The Bertz CT molecular complexity index is 108. The highest BCUT2D eigenvalue weighted by molar-refractivity contribution is 8.00. The molecule has 10 heavy (non-hydrogen) atoms. The molecule has 0 radical (unpaired) electrons. The summed E-state index contributed by atoms with van der Waals surface area (Å²) < 4.78 is 5.39. The predicted molar refractivity (Wildman–Crippen MR) is 43.4 cm³/mol. The summed E-state index contributed by atoms with van der Waals surface area (Å²) in [5.74, 6) is 2.04. The molecule has 2 nitrogen and oxygen atoms in total. The molecule has 0 saturated carbocycles. The summed E-state index contributed by atoms with van der Waals surface area (Å²) in [6.45, 7) is 4.30. The van der Waals surface area contributed by atoms with Crippen molar-refractivity contribution in [2.75, 3.05) is 32.1 Å². The Kier molecular flexibility index (Phi) is 2.16.